The zero-order chi connectivity index (χ0) is 20.1. The molecule has 0 aromatic heterocycles. The normalized spacial score (nSPS) is 16.6. The summed E-state index contributed by atoms with van der Waals surface area (Å²) >= 11 is 0. The number of piperidine rings is 1. The van der Waals surface area contributed by atoms with Crippen molar-refractivity contribution in [2.24, 2.45) is 11.7 Å². The molecule has 0 aliphatic carbocycles. The Bertz CT molecular complexity index is 883. The highest BCUT2D eigenvalue weighted by molar-refractivity contribution is 5.98. The Balaban J connectivity index is 1.70. The summed E-state index contributed by atoms with van der Waals surface area (Å²) in [6.07, 6.45) is 1.40. The number of Topliss-reactive ketones (excluding diaryl/α,β-unsaturated/α-hetero) is 1. The molecule has 1 saturated heterocycles. The van der Waals surface area contributed by atoms with Crippen LogP contribution in [-0.2, 0) is 9.59 Å². The summed E-state index contributed by atoms with van der Waals surface area (Å²) < 4.78 is 14.6. The summed E-state index contributed by atoms with van der Waals surface area (Å²) in [5.74, 6) is -1.67. The van der Waals surface area contributed by atoms with Crippen LogP contribution in [0.3, 0.4) is 0 Å². The average molecular weight is 382 g/mol. The number of hydrogen-bond acceptors (Lipinski definition) is 3. The summed E-state index contributed by atoms with van der Waals surface area (Å²) in [6, 6.07) is 13.7. The molecule has 0 saturated carbocycles. The molecule has 6 heteroatoms. The number of likely N-dealkylation sites (tertiary alicyclic amines) is 1. The van der Waals surface area contributed by atoms with Crippen molar-refractivity contribution in [2.75, 3.05) is 13.1 Å². The van der Waals surface area contributed by atoms with Crippen LogP contribution in [0.4, 0.5) is 4.39 Å². The number of hydrogen-bond donors (Lipinski definition) is 1. The van der Waals surface area contributed by atoms with Crippen LogP contribution in [-0.4, -0.2) is 35.6 Å². The van der Waals surface area contributed by atoms with Crippen LogP contribution in [0.15, 0.2) is 48.5 Å². The van der Waals surface area contributed by atoms with Crippen LogP contribution in [0, 0.1) is 11.7 Å². The van der Waals surface area contributed by atoms with Crippen molar-refractivity contribution in [1.82, 2.24) is 4.90 Å². The lowest BCUT2D eigenvalue weighted by Gasteiger charge is -2.32. The number of ketones is 1. The molecule has 1 atom stereocenters. The van der Waals surface area contributed by atoms with E-state index in [9.17, 15) is 18.8 Å². The fraction of sp³-hybridized carbons (Fsp3) is 0.318. The smallest absolute Gasteiger partial charge is 0.223 e. The third-order valence-corrected chi connectivity index (χ3v) is 5.07. The zero-order valence-corrected chi connectivity index (χ0v) is 15.6. The number of primary amides is 1. The van der Waals surface area contributed by atoms with E-state index in [1.54, 1.807) is 17.0 Å². The van der Waals surface area contributed by atoms with Gasteiger partial charge in [-0.15, -0.1) is 0 Å². The van der Waals surface area contributed by atoms with Crippen molar-refractivity contribution < 1.29 is 18.8 Å². The standard InChI is InChI=1S/C22H23FN2O3/c23-19-13-16(8-9-18(19)15-5-2-1-3-6-15)22(28)17-7-4-12-25(14-17)21(27)11-10-20(24)26/h1-3,5-6,8-9,13,17H,4,7,10-12,14H2,(H2,24,26)/t17-/m0/s1. The predicted molar refractivity (Wildman–Crippen MR) is 104 cm³/mol. The molecule has 3 rings (SSSR count). The van der Waals surface area contributed by atoms with Crippen LogP contribution in [0.2, 0.25) is 0 Å². The number of benzene rings is 2. The van der Waals surface area contributed by atoms with Gasteiger partial charge in [0.15, 0.2) is 5.78 Å². The van der Waals surface area contributed by atoms with Crippen molar-refractivity contribution in [3.05, 3.63) is 59.9 Å². The molecule has 2 amide bonds. The van der Waals surface area contributed by atoms with Crippen molar-refractivity contribution in [3.63, 3.8) is 0 Å². The third kappa shape index (κ3) is 4.63. The molecule has 0 unspecified atom stereocenters. The zero-order valence-electron chi connectivity index (χ0n) is 15.6. The van der Waals surface area contributed by atoms with Crippen LogP contribution in [0.1, 0.15) is 36.0 Å². The van der Waals surface area contributed by atoms with Crippen molar-refractivity contribution >= 4 is 17.6 Å². The molecule has 1 heterocycles. The van der Waals surface area contributed by atoms with Gasteiger partial charge < -0.3 is 10.6 Å². The lowest BCUT2D eigenvalue weighted by atomic mass is 9.89. The number of amides is 2. The molecule has 2 aromatic rings. The molecule has 2 aromatic carbocycles. The minimum absolute atomic E-state index is 0.000105. The molecule has 5 nitrogen and oxygen atoms in total. The quantitative estimate of drug-likeness (QED) is 0.779. The van der Waals surface area contributed by atoms with Gasteiger partial charge in [-0.1, -0.05) is 42.5 Å². The van der Waals surface area contributed by atoms with E-state index in [1.165, 1.54) is 6.07 Å². The maximum atomic E-state index is 14.6. The minimum Gasteiger partial charge on any atom is -0.370 e. The number of nitrogens with two attached hydrogens (primary N) is 1. The van der Waals surface area contributed by atoms with E-state index in [0.717, 1.165) is 5.56 Å². The molecule has 1 aliphatic heterocycles. The Labute approximate surface area is 163 Å². The molecule has 0 radical (unpaired) electrons. The van der Waals surface area contributed by atoms with Crippen LogP contribution in [0.5, 0.6) is 0 Å². The summed E-state index contributed by atoms with van der Waals surface area (Å²) in [5, 5.41) is 0. The molecule has 2 N–H and O–H groups in total. The Morgan fingerprint density at radius 1 is 1.07 bits per heavy atom. The van der Waals surface area contributed by atoms with E-state index in [0.29, 0.717) is 37.1 Å². The molecule has 0 bridgehead atoms. The largest absolute Gasteiger partial charge is 0.370 e. The SMILES string of the molecule is NC(=O)CCC(=O)N1CCC[C@H](C(=O)c2ccc(-c3ccccc3)c(F)c2)C1. The van der Waals surface area contributed by atoms with Crippen molar-refractivity contribution in [3.8, 4) is 11.1 Å². The molecule has 1 aliphatic rings. The fourth-order valence-corrected chi connectivity index (χ4v) is 3.56. The molecule has 1 fully saturated rings. The van der Waals surface area contributed by atoms with Gasteiger partial charge in [0.2, 0.25) is 11.8 Å². The molecule has 0 spiro atoms. The van der Waals surface area contributed by atoms with E-state index in [1.807, 2.05) is 30.3 Å². The monoisotopic (exact) mass is 382 g/mol. The first-order valence-electron chi connectivity index (χ1n) is 9.41. The summed E-state index contributed by atoms with van der Waals surface area (Å²) in [5.41, 5.74) is 6.61. The predicted octanol–water partition coefficient (Wildman–Crippen LogP) is 3.18. The Morgan fingerprint density at radius 2 is 1.82 bits per heavy atom. The van der Waals surface area contributed by atoms with E-state index >= 15 is 0 Å². The van der Waals surface area contributed by atoms with E-state index in [-0.39, 0.29) is 30.4 Å². The van der Waals surface area contributed by atoms with Gasteiger partial charge in [0.05, 0.1) is 0 Å². The molecule has 146 valence electrons. The second kappa shape index (κ2) is 8.78. The topological polar surface area (TPSA) is 80.5 Å². The number of carbonyl (C=O) groups excluding carboxylic acids is 3. The average Bonchev–Trinajstić information content (AvgIpc) is 2.72. The van der Waals surface area contributed by atoms with E-state index in [4.69, 9.17) is 5.73 Å². The molecule has 28 heavy (non-hydrogen) atoms. The van der Waals surface area contributed by atoms with Crippen molar-refractivity contribution in [1.29, 1.82) is 0 Å². The number of rotatable bonds is 6. The Morgan fingerprint density at radius 3 is 2.50 bits per heavy atom. The van der Waals surface area contributed by atoms with Gasteiger partial charge in [-0.05, 0) is 24.5 Å². The van der Waals surface area contributed by atoms with Gasteiger partial charge in [0, 0.05) is 43.0 Å². The van der Waals surface area contributed by atoms with E-state index < -0.39 is 11.7 Å². The van der Waals surface area contributed by atoms with Crippen molar-refractivity contribution in [2.45, 2.75) is 25.7 Å². The summed E-state index contributed by atoms with van der Waals surface area (Å²) in [6.45, 7) is 0.848. The van der Waals surface area contributed by atoms with Crippen LogP contribution >= 0.6 is 0 Å². The maximum Gasteiger partial charge on any atom is 0.223 e. The van der Waals surface area contributed by atoms with Gasteiger partial charge in [-0.2, -0.15) is 0 Å². The summed E-state index contributed by atoms with van der Waals surface area (Å²) in [7, 11) is 0. The minimum atomic E-state index is -0.521. The highest BCUT2D eigenvalue weighted by Crippen LogP contribution is 2.26. The Kier molecular flexibility index (Phi) is 6.19. The molecular weight excluding hydrogens is 359 g/mol. The van der Waals surface area contributed by atoms with Crippen LogP contribution in [0.25, 0.3) is 11.1 Å². The summed E-state index contributed by atoms with van der Waals surface area (Å²) in [4.78, 5) is 37.5. The van der Waals surface area contributed by atoms with Gasteiger partial charge in [-0.3, -0.25) is 14.4 Å². The first-order chi connectivity index (χ1) is 13.5. The maximum absolute atomic E-state index is 14.6. The highest BCUT2D eigenvalue weighted by Gasteiger charge is 2.29. The Hall–Kier alpha value is -3.02. The number of nitrogens with zero attached hydrogens (tertiary/aromatic N) is 1. The van der Waals surface area contributed by atoms with E-state index in [2.05, 4.69) is 0 Å². The van der Waals surface area contributed by atoms with Gasteiger partial charge in [0.1, 0.15) is 5.82 Å². The lowest BCUT2D eigenvalue weighted by Crippen LogP contribution is -2.42. The number of carbonyl (C=O) groups is 3. The van der Waals surface area contributed by atoms with Gasteiger partial charge in [-0.25, -0.2) is 4.39 Å². The first kappa shape index (κ1) is 19.7. The van der Waals surface area contributed by atoms with Crippen LogP contribution < -0.4 is 5.73 Å². The highest BCUT2D eigenvalue weighted by atomic mass is 19.1. The molecular formula is C22H23FN2O3. The fourth-order valence-electron chi connectivity index (χ4n) is 3.56. The second-order valence-corrected chi connectivity index (χ2v) is 7.07. The van der Waals surface area contributed by atoms with Gasteiger partial charge in [0.25, 0.3) is 0 Å². The second-order valence-electron chi connectivity index (χ2n) is 7.07. The number of halogens is 1. The first-order valence-corrected chi connectivity index (χ1v) is 9.41. The third-order valence-electron chi connectivity index (χ3n) is 5.07. The lowest BCUT2D eigenvalue weighted by molar-refractivity contribution is -0.134. The van der Waals surface area contributed by atoms with Gasteiger partial charge >= 0.3 is 0 Å².